The second-order valence-corrected chi connectivity index (χ2v) is 7.69. The number of aromatic nitrogens is 1. The first-order valence-corrected chi connectivity index (χ1v) is 9.32. The molecule has 0 aliphatic heterocycles. The molecular formula is C23H24N2O4. The minimum absolute atomic E-state index is 0.148. The molecule has 2 aromatic carbocycles. The molecule has 0 fully saturated rings. The first-order valence-electron chi connectivity index (χ1n) is 9.32. The zero-order chi connectivity index (χ0) is 21.0. The van der Waals surface area contributed by atoms with Crippen molar-refractivity contribution in [2.75, 3.05) is 13.6 Å². The molecule has 0 radical (unpaired) electrons. The number of ether oxygens (including phenoxy) is 1. The van der Waals surface area contributed by atoms with Gasteiger partial charge in [0.1, 0.15) is 12.1 Å². The van der Waals surface area contributed by atoms with Crippen molar-refractivity contribution in [3.63, 3.8) is 0 Å². The molecule has 0 atom stereocenters. The van der Waals surface area contributed by atoms with Gasteiger partial charge in [-0.25, -0.2) is 4.98 Å². The Hall–Kier alpha value is -3.41. The highest BCUT2D eigenvalue weighted by Gasteiger charge is 2.23. The number of benzene rings is 2. The van der Waals surface area contributed by atoms with Gasteiger partial charge in [0.15, 0.2) is 5.76 Å². The maximum Gasteiger partial charge on any atom is 0.326 e. The van der Waals surface area contributed by atoms with Crippen LogP contribution in [0.25, 0.3) is 22.8 Å². The van der Waals surface area contributed by atoms with E-state index in [-0.39, 0.29) is 12.5 Å². The van der Waals surface area contributed by atoms with E-state index in [9.17, 15) is 9.59 Å². The smallest absolute Gasteiger partial charge is 0.326 e. The molecule has 150 valence electrons. The Labute approximate surface area is 170 Å². The number of esters is 1. The maximum atomic E-state index is 13.0. The summed E-state index contributed by atoms with van der Waals surface area (Å²) in [5.41, 5.74) is 1.26. The molecule has 0 aliphatic rings. The van der Waals surface area contributed by atoms with Crippen LogP contribution in [-0.4, -0.2) is 41.0 Å². The molecule has 0 aliphatic carbocycles. The van der Waals surface area contributed by atoms with Crippen molar-refractivity contribution in [1.82, 2.24) is 9.88 Å². The van der Waals surface area contributed by atoms with Gasteiger partial charge in [-0.15, -0.1) is 0 Å². The molecule has 0 bridgehead atoms. The van der Waals surface area contributed by atoms with Crippen molar-refractivity contribution in [3.05, 3.63) is 66.4 Å². The third-order valence-electron chi connectivity index (χ3n) is 4.08. The van der Waals surface area contributed by atoms with Crippen molar-refractivity contribution < 1.29 is 18.7 Å². The first-order chi connectivity index (χ1) is 13.7. The van der Waals surface area contributed by atoms with Gasteiger partial charge in [0.25, 0.3) is 5.91 Å². The SMILES string of the molecule is CN(CC(=O)OC(C)(C)C)C(=O)c1ccccc1-c1ncc(-c2ccccc2)o1. The number of carbonyl (C=O) groups is 2. The van der Waals surface area contributed by atoms with Crippen molar-refractivity contribution in [3.8, 4) is 22.8 Å². The second-order valence-electron chi connectivity index (χ2n) is 7.69. The van der Waals surface area contributed by atoms with E-state index >= 15 is 0 Å². The van der Waals surface area contributed by atoms with Crippen molar-refractivity contribution >= 4 is 11.9 Å². The number of amides is 1. The lowest BCUT2D eigenvalue weighted by Crippen LogP contribution is -2.36. The molecule has 6 nitrogen and oxygen atoms in total. The van der Waals surface area contributed by atoms with Crippen LogP contribution in [0.1, 0.15) is 31.1 Å². The van der Waals surface area contributed by atoms with E-state index in [0.29, 0.717) is 22.8 Å². The molecular weight excluding hydrogens is 368 g/mol. The number of carbonyl (C=O) groups excluding carboxylic acids is 2. The summed E-state index contributed by atoms with van der Waals surface area (Å²) < 4.78 is 11.2. The van der Waals surface area contributed by atoms with Crippen LogP contribution < -0.4 is 0 Å². The molecule has 6 heteroatoms. The minimum Gasteiger partial charge on any atom is -0.459 e. The Morgan fingerprint density at radius 1 is 1.03 bits per heavy atom. The average molecular weight is 392 g/mol. The summed E-state index contributed by atoms with van der Waals surface area (Å²) in [6, 6.07) is 16.7. The lowest BCUT2D eigenvalue weighted by atomic mass is 10.1. The van der Waals surface area contributed by atoms with Gasteiger partial charge in [0.05, 0.1) is 11.8 Å². The van der Waals surface area contributed by atoms with Crippen molar-refractivity contribution in [2.24, 2.45) is 0 Å². The summed E-state index contributed by atoms with van der Waals surface area (Å²) in [5.74, 6) is 0.183. The highest BCUT2D eigenvalue weighted by molar-refractivity contribution is 6.01. The van der Waals surface area contributed by atoms with Gasteiger partial charge in [-0.05, 0) is 32.9 Å². The number of hydrogen-bond donors (Lipinski definition) is 0. The number of nitrogens with zero attached hydrogens (tertiary/aromatic N) is 2. The highest BCUT2D eigenvalue weighted by Crippen LogP contribution is 2.28. The van der Waals surface area contributed by atoms with Crippen LogP contribution in [0.3, 0.4) is 0 Å². The second kappa shape index (κ2) is 8.31. The summed E-state index contributed by atoms with van der Waals surface area (Å²) >= 11 is 0. The number of rotatable bonds is 5. The standard InChI is InChI=1S/C23H24N2O4/c1-23(2,3)29-20(26)15-25(4)22(27)18-13-9-8-12-17(18)21-24-14-19(28-21)16-10-6-5-7-11-16/h5-14H,15H2,1-4H3. The quantitative estimate of drug-likeness (QED) is 0.601. The van der Waals surface area contributed by atoms with Crippen LogP contribution in [0, 0.1) is 0 Å². The van der Waals surface area contributed by atoms with Crippen molar-refractivity contribution in [1.29, 1.82) is 0 Å². The van der Waals surface area contributed by atoms with Crippen LogP contribution in [0.15, 0.2) is 65.2 Å². The lowest BCUT2D eigenvalue weighted by Gasteiger charge is -2.23. The highest BCUT2D eigenvalue weighted by atomic mass is 16.6. The van der Waals surface area contributed by atoms with E-state index in [2.05, 4.69) is 4.98 Å². The third kappa shape index (κ3) is 5.10. The fourth-order valence-electron chi connectivity index (χ4n) is 2.84. The molecule has 0 N–H and O–H groups in total. The zero-order valence-electron chi connectivity index (χ0n) is 17.0. The van der Waals surface area contributed by atoms with Crippen LogP contribution >= 0.6 is 0 Å². The fraction of sp³-hybridized carbons (Fsp3) is 0.261. The molecule has 1 aromatic heterocycles. The van der Waals surface area contributed by atoms with E-state index < -0.39 is 11.6 Å². The Morgan fingerprint density at radius 3 is 2.38 bits per heavy atom. The summed E-state index contributed by atoms with van der Waals surface area (Å²) in [6.45, 7) is 5.21. The molecule has 1 amide bonds. The van der Waals surface area contributed by atoms with E-state index in [4.69, 9.17) is 9.15 Å². The molecule has 0 saturated heterocycles. The van der Waals surface area contributed by atoms with E-state index in [0.717, 1.165) is 5.56 Å². The lowest BCUT2D eigenvalue weighted by molar-refractivity contribution is -0.155. The zero-order valence-corrected chi connectivity index (χ0v) is 17.0. The van der Waals surface area contributed by atoms with Crippen LogP contribution in [0.2, 0.25) is 0 Å². The van der Waals surface area contributed by atoms with Gasteiger partial charge in [0.2, 0.25) is 5.89 Å². The number of oxazole rings is 1. The monoisotopic (exact) mass is 392 g/mol. The molecule has 3 rings (SSSR count). The molecule has 3 aromatic rings. The first kappa shape index (κ1) is 20.3. The summed E-state index contributed by atoms with van der Waals surface area (Å²) in [7, 11) is 1.56. The van der Waals surface area contributed by atoms with Crippen LogP contribution in [0.4, 0.5) is 0 Å². The summed E-state index contributed by atoms with van der Waals surface area (Å²) in [4.78, 5) is 30.7. The number of hydrogen-bond acceptors (Lipinski definition) is 5. The van der Waals surface area contributed by atoms with Gasteiger partial charge in [-0.1, -0.05) is 42.5 Å². The topological polar surface area (TPSA) is 72.6 Å². The van der Waals surface area contributed by atoms with Gasteiger partial charge in [0, 0.05) is 18.2 Å². The van der Waals surface area contributed by atoms with Gasteiger partial charge in [-0.3, -0.25) is 9.59 Å². The molecule has 0 spiro atoms. The number of likely N-dealkylation sites (N-methyl/N-ethyl adjacent to an activating group) is 1. The van der Waals surface area contributed by atoms with E-state index in [1.54, 1.807) is 52.2 Å². The Balaban J connectivity index is 1.83. The largest absolute Gasteiger partial charge is 0.459 e. The normalized spacial score (nSPS) is 11.2. The van der Waals surface area contributed by atoms with Crippen LogP contribution in [-0.2, 0) is 9.53 Å². The minimum atomic E-state index is -0.606. The Bertz CT molecular complexity index is 1000. The maximum absolute atomic E-state index is 13.0. The van der Waals surface area contributed by atoms with E-state index in [1.807, 2.05) is 36.4 Å². The predicted octanol–water partition coefficient (Wildman–Crippen LogP) is 4.42. The van der Waals surface area contributed by atoms with Crippen molar-refractivity contribution in [2.45, 2.75) is 26.4 Å². The van der Waals surface area contributed by atoms with E-state index in [1.165, 1.54) is 4.90 Å². The third-order valence-corrected chi connectivity index (χ3v) is 4.08. The average Bonchev–Trinajstić information content (AvgIpc) is 3.16. The molecule has 0 unspecified atom stereocenters. The predicted molar refractivity (Wildman–Crippen MR) is 110 cm³/mol. The van der Waals surface area contributed by atoms with Crippen LogP contribution in [0.5, 0.6) is 0 Å². The summed E-state index contributed by atoms with van der Waals surface area (Å²) in [5, 5.41) is 0. The molecule has 29 heavy (non-hydrogen) atoms. The fourth-order valence-corrected chi connectivity index (χ4v) is 2.84. The molecule has 1 heterocycles. The van der Waals surface area contributed by atoms with Gasteiger partial charge in [-0.2, -0.15) is 0 Å². The van der Waals surface area contributed by atoms with Gasteiger partial charge >= 0.3 is 5.97 Å². The molecule has 0 saturated carbocycles. The van der Waals surface area contributed by atoms with Gasteiger partial charge < -0.3 is 14.1 Å². The summed E-state index contributed by atoms with van der Waals surface area (Å²) in [6.07, 6.45) is 1.64. The Morgan fingerprint density at radius 2 is 1.69 bits per heavy atom. The Kier molecular flexibility index (Phi) is 5.82.